The molecule has 0 unspecified atom stereocenters. The molecule has 2 aromatic heterocycles. The molecule has 0 aromatic carbocycles. The lowest BCUT2D eigenvalue weighted by atomic mass is 10.3. The van der Waals surface area contributed by atoms with E-state index >= 15 is 0 Å². The SMILES string of the molecule is CC(C)n1cc(Nc2nnccc2C#N)cn1. The summed E-state index contributed by atoms with van der Waals surface area (Å²) in [6.07, 6.45) is 5.04. The second-order valence-electron chi connectivity index (χ2n) is 3.83. The van der Waals surface area contributed by atoms with Gasteiger partial charge in [-0.3, -0.25) is 4.68 Å². The fourth-order valence-electron chi connectivity index (χ4n) is 1.34. The van der Waals surface area contributed by atoms with Gasteiger partial charge in [-0.2, -0.15) is 15.5 Å². The summed E-state index contributed by atoms with van der Waals surface area (Å²) in [7, 11) is 0. The molecular formula is C11H12N6. The minimum atomic E-state index is 0.294. The molecule has 0 aliphatic rings. The molecule has 0 spiro atoms. The molecule has 0 aliphatic heterocycles. The maximum Gasteiger partial charge on any atom is 0.171 e. The summed E-state index contributed by atoms with van der Waals surface area (Å²) in [5, 5.41) is 23.7. The van der Waals surface area contributed by atoms with E-state index in [4.69, 9.17) is 5.26 Å². The summed E-state index contributed by atoms with van der Waals surface area (Å²) >= 11 is 0. The van der Waals surface area contributed by atoms with Crippen LogP contribution in [0, 0.1) is 11.3 Å². The molecule has 0 saturated heterocycles. The van der Waals surface area contributed by atoms with Crippen LogP contribution < -0.4 is 5.32 Å². The molecule has 6 nitrogen and oxygen atoms in total. The van der Waals surface area contributed by atoms with E-state index in [0.29, 0.717) is 17.4 Å². The van der Waals surface area contributed by atoms with Crippen LogP contribution >= 0.6 is 0 Å². The van der Waals surface area contributed by atoms with Crippen molar-refractivity contribution >= 4 is 11.5 Å². The van der Waals surface area contributed by atoms with Crippen molar-refractivity contribution in [3.8, 4) is 6.07 Å². The van der Waals surface area contributed by atoms with Gasteiger partial charge in [0.1, 0.15) is 6.07 Å². The molecule has 0 fully saturated rings. The van der Waals surface area contributed by atoms with Gasteiger partial charge in [0.15, 0.2) is 5.82 Å². The number of hydrogen-bond acceptors (Lipinski definition) is 5. The average Bonchev–Trinajstić information content (AvgIpc) is 2.78. The monoisotopic (exact) mass is 228 g/mol. The van der Waals surface area contributed by atoms with Gasteiger partial charge < -0.3 is 5.32 Å². The van der Waals surface area contributed by atoms with E-state index in [2.05, 4.69) is 26.7 Å². The smallest absolute Gasteiger partial charge is 0.171 e. The van der Waals surface area contributed by atoms with Gasteiger partial charge in [-0.05, 0) is 19.9 Å². The Balaban J connectivity index is 2.23. The Morgan fingerprint density at radius 2 is 2.29 bits per heavy atom. The zero-order valence-electron chi connectivity index (χ0n) is 9.62. The van der Waals surface area contributed by atoms with Crippen molar-refractivity contribution in [1.82, 2.24) is 20.0 Å². The van der Waals surface area contributed by atoms with Crippen molar-refractivity contribution in [3.05, 3.63) is 30.2 Å². The summed E-state index contributed by atoms with van der Waals surface area (Å²) < 4.78 is 1.82. The number of aromatic nitrogens is 4. The predicted octanol–water partition coefficient (Wildman–Crippen LogP) is 1.87. The first kappa shape index (κ1) is 11.1. The molecule has 0 radical (unpaired) electrons. The van der Waals surface area contributed by atoms with Crippen molar-refractivity contribution in [2.75, 3.05) is 5.32 Å². The highest BCUT2D eigenvalue weighted by molar-refractivity contribution is 5.60. The lowest BCUT2D eigenvalue weighted by Gasteiger charge is -2.04. The standard InChI is InChI=1S/C11H12N6/c1-8(2)17-7-10(6-14-17)15-11-9(5-12)3-4-13-16-11/h3-4,6-8H,1-2H3,(H,15,16). The highest BCUT2D eigenvalue weighted by atomic mass is 15.3. The van der Waals surface area contributed by atoms with Gasteiger partial charge in [-0.1, -0.05) is 0 Å². The highest BCUT2D eigenvalue weighted by Gasteiger charge is 2.06. The average molecular weight is 228 g/mol. The lowest BCUT2D eigenvalue weighted by molar-refractivity contribution is 0.532. The quantitative estimate of drug-likeness (QED) is 0.867. The van der Waals surface area contributed by atoms with Gasteiger partial charge in [-0.15, -0.1) is 5.10 Å². The topological polar surface area (TPSA) is 79.4 Å². The molecule has 2 heterocycles. The van der Waals surface area contributed by atoms with Crippen LogP contribution in [0.4, 0.5) is 11.5 Å². The predicted molar refractivity (Wildman–Crippen MR) is 62.6 cm³/mol. The number of anilines is 2. The molecular weight excluding hydrogens is 216 g/mol. The summed E-state index contributed by atoms with van der Waals surface area (Å²) in [5.41, 5.74) is 1.24. The van der Waals surface area contributed by atoms with Gasteiger partial charge in [0.25, 0.3) is 0 Å². The number of nitrogens with zero attached hydrogens (tertiary/aromatic N) is 5. The Morgan fingerprint density at radius 1 is 1.47 bits per heavy atom. The minimum Gasteiger partial charge on any atom is -0.335 e. The van der Waals surface area contributed by atoms with Gasteiger partial charge in [0.2, 0.25) is 0 Å². The number of hydrogen-bond donors (Lipinski definition) is 1. The summed E-state index contributed by atoms with van der Waals surface area (Å²) in [5.74, 6) is 0.443. The van der Waals surface area contributed by atoms with Crippen molar-refractivity contribution in [1.29, 1.82) is 5.26 Å². The first-order valence-electron chi connectivity index (χ1n) is 5.23. The number of rotatable bonds is 3. The maximum absolute atomic E-state index is 8.91. The summed E-state index contributed by atoms with van der Waals surface area (Å²) in [4.78, 5) is 0. The van der Waals surface area contributed by atoms with Gasteiger partial charge >= 0.3 is 0 Å². The third kappa shape index (κ3) is 2.39. The van der Waals surface area contributed by atoms with E-state index in [1.54, 1.807) is 12.3 Å². The van der Waals surface area contributed by atoms with E-state index in [1.165, 1.54) is 6.20 Å². The van der Waals surface area contributed by atoms with E-state index in [-0.39, 0.29) is 0 Å². The van der Waals surface area contributed by atoms with Crippen molar-refractivity contribution in [3.63, 3.8) is 0 Å². The summed E-state index contributed by atoms with van der Waals surface area (Å²) in [6, 6.07) is 3.96. The third-order valence-corrected chi connectivity index (χ3v) is 2.23. The number of nitriles is 1. The normalized spacial score (nSPS) is 10.2. The van der Waals surface area contributed by atoms with Gasteiger partial charge in [-0.25, -0.2) is 0 Å². The maximum atomic E-state index is 8.91. The summed E-state index contributed by atoms with van der Waals surface area (Å²) in [6.45, 7) is 4.08. The second kappa shape index (κ2) is 4.61. The molecule has 17 heavy (non-hydrogen) atoms. The van der Waals surface area contributed by atoms with E-state index < -0.39 is 0 Å². The first-order valence-corrected chi connectivity index (χ1v) is 5.23. The molecule has 0 saturated carbocycles. The zero-order chi connectivity index (χ0) is 12.3. The Bertz CT molecular complexity index is 551. The van der Waals surface area contributed by atoms with Gasteiger partial charge in [0.05, 0.1) is 23.6 Å². The molecule has 1 N–H and O–H groups in total. The fourth-order valence-corrected chi connectivity index (χ4v) is 1.34. The van der Waals surface area contributed by atoms with E-state index in [0.717, 1.165) is 5.69 Å². The van der Waals surface area contributed by atoms with Crippen LogP contribution in [-0.4, -0.2) is 20.0 Å². The largest absolute Gasteiger partial charge is 0.335 e. The Labute approximate surface area is 98.9 Å². The molecule has 0 amide bonds. The van der Waals surface area contributed by atoms with Crippen LogP contribution in [0.1, 0.15) is 25.5 Å². The van der Waals surface area contributed by atoms with Crippen molar-refractivity contribution in [2.45, 2.75) is 19.9 Å². The van der Waals surface area contributed by atoms with Crippen LogP contribution in [-0.2, 0) is 0 Å². The fraction of sp³-hybridized carbons (Fsp3) is 0.273. The van der Waals surface area contributed by atoms with Crippen LogP contribution in [0.5, 0.6) is 0 Å². The first-order chi connectivity index (χ1) is 8.20. The van der Waals surface area contributed by atoms with Crippen LogP contribution in [0.25, 0.3) is 0 Å². The highest BCUT2D eigenvalue weighted by Crippen LogP contribution is 2.17. The van der Waals surface area contributed by atoms with Crippen LogP contribution in [0.2, 0.25) is 0 Å². The zero-order valence-corrected chi connectivity index (χ0v) is 9.62. The Hall–Kier alpha value is -2.42. The molecule has 2 aromatic rings. The molecule has 2 rings (SSSR count). The van der Waals surface area contributed by atoms with Crippen molar-refractivity contribution in [2.24, 2.45) is 0 Å². The Kier molecular flexibility index (Phi) is 3.01. The molecule has 0 atom stereocenters. The van der Waals surface area contributed by atoms with E-state index in [9.17, 15) is 0 Å². The molecule has 86 valence electrons. The molecule has 6 heteroatoms. The van der Waals surface area contributed by atoms with Crippen LogP contribution in [0.15, 0.2) is 24.7 Å². The second-order valence-corrected chi connectivity index (χ2v) is 3.83. The van der Waals surface area contributed by atoms with E-state index in [1.807, 2.05) is 24.7 Å². The Morgan fingerprint density at radius 3 is 2.94 bits per heavy atom. The lowest BCUT2D eigenvalue weighted by Crippen LogP contribution is -2.00. The minimum absolute atomic E-state index is 0.294. The van der Waals surface area contributed by atoms with Crippen LogP contribution in [0.3, 0.4) is 0 Å². The van der Waals surface area contributed by atoms with Gasteiger partial charge in [0, 0.05) is 12.2 Å². The molecule has 0 bridgehead atoms. The van der Waals surface area contributed by atoms with Crippen molar-refractivity contribution < 1.29 is 0 Å². The number of nitrogens with one attached hydrogen (secondary N) is 1. The third-order valence-electron chi connectivity index (χ3n) is 2.23. The molecule has 0 aliphatic carbocycles.